The number of allylic oxidation sites excluding steroid dienone is 20. The van der Waals surface area contributed by atoms with Crippen LogP contribution in [0.4, 0.5) is 0 Å². The van der Waals surface area contributed by atoms with E-state index >= 15 is 0 Å². The van der Waals surface area contributed by atoms with Gasteiger partial charge in [-0.3, -0.25) is 23.4 Å². The topological polar surface area (TPSA) is 155 Å². The molecular formula is C60H97O11P. The van der Waals surface area contributed by atoms with Crippen molar-refractivity contribution in [1.29, 1.82) is 0 Å². The molecule has 0 rings (SSSR count). The first-order valence-electron chi connectivity index (χ1n) is 27.4. The molecule has 2 N–H and O–H groups in total. The lowest BCUT2D eigenvalue weighted by molar-refractivity contribution is -0.161. The van der Waals surface area contributed by atoms with E-state index in [4.69, 9.17) is 23.3 Å². The highest BCUT2D eigenvalue weighted by Gasteiger charge is 2.28. The molecule has 0 heterocycles. The molecular weight excluding hydrogens is 928 g/mol. The lowest BCUT2D eigenvalue weighted by atomic mass is 10.1. The first kappa shape index (κ1) is 67.9. The highest BCUT2D eigenvalue weighted by molar-refractivity contribution is 7.47. The molecule has 0 aliphatic heterocycles. The van der Waals surface area contributed by atoms with Crippen molar-refractivity contribution in [2.75, 3.05) is 26.4 Å². The Morgan fingerprint density at radius 1 is 0.403 bits per heavy atom. The van der Waals surface area contributed by atoms with E-state index in [9.17, 15) is 28.9 Å². The van der Waals surface area contributed by atoms with Crippen molar-refractivity contribution in [2.24, 2.45) is 0 Å². The monoisotopic (exact) mass is 1020 g/mol. The molecule has 0 saturated heterocycles. The van der Waals surface area contributed by atoms with Gasteiger partial charge in [0.2, 0.25) is 0 Å². The molecule has 0 aliphatic carbocycles. The molecule has 12 heteroatoms. The zero-order chi connectivity index (χ0) is 52.7. The summed E-state index contributed by atoms with van der Waals surface area (Å²) < 4.78 is 39.3. The Bertz CT molecular complexity index is 1670. The molecule has 0 amide bonds. The van der Waals surface area contributed by atoms with Gasteiger partial charge >= 0.3 is 25.7 Å². The summed E-state index contributed by atoms with van der Waals surface area (Å²) in [6.07, 6.45) is 64.7. The number of phosphoric ester groups is 1. The third kappa shape index (κ3) is 50.8. The molecule has 0 radical (unpaired) electrons. The number of rotatable bonds is 49. The van der Waals surface area contributed by atoms with Crippen LogP contribution in [-0.2, 0) is 42.2 Å². The highest BCUT2D eigenvalue weighted by atomic mass is 31.2. The van der Waals surface area contributed by atoms with Crippen LogP contribution < -0.4 is 0 Å². The molecule has 0 spiro atoms. The van der Waals surface area contributed by atoms with Crippen LogP contribution in [0.3, 0.4) is 0 Å². The fourth-order valence-corrected chi connectivity index (χ4v) is 7.53. The van der Waals surface area contributed by atoms with Gasteiger partial charge < -0.3 is 24.2 Å². The number of phosphoric acid groups is 1. The second-order valence-electron chi connectivity index (χ2n) is 17.6. The number of carbonyl (C=O) groups excluding carboxylic acids is 3. The Labute approximate surface area is 437 Å². The van der Waals surface area contributed by atoms with Gasteiger partial charge in [-0.05, 0) is 116 Å². The fraction of sp³-hybridized carbons (Fsp3) is 0.617. The van der Waals surface area contributed by atoms with E-state index in [1.54, 1.807) is 0 Å². The summed E-state index contributed by atoms with van der Waals surface area (Å²) in [7, 11) is -4.78. The number of aliphatic hydroxyl groups is 1. The van der Waals surface area contributed by atoms with Crippen LogP contribution >= 0.6 is 7.82 Å². The molecule has 0 aliphatic rings. The fourth-order valence-electron chi connectivity index (χ4n) is 6.74. The quantitative estimate of drug-likeness (QED) is 0.0197. The van der Waals surface area contributed by atoms with E-state index in [0.717, 1.165) is 116 Å². The van der Waals surface area contributed by atoms with Crippen LogP contribution in [0.5, 0.6) is 0 Å². The van der Waals surface area contributed by atoms with Crippen LogP contribution in [0, 0.1) is 0 Å². The molecule has 11 nitrogen and oxygen atoms in total. The maximum absolute atomic E-state index is 12.9. The second-order valence-corrected chi connectivity index (χ2v) is 19.1. The van der Waals surface area contributed by atoms with Gasteiger partial charge in [0.05, 0.1) is 19.8 Å². The SMILES string of the molecule is CC/C=C\C/C=C\C/C=C\C/C=C\C/C=C\CCCCCC(=O)OC(COC(=O)CC/C=C\C/C=C\C/C=C\C/C=C\CC)COP(=O)(O)OCC(CO)OC(=O)CCCCCCC/C=C\CCCCCC. The van der Waals surface area contributed by atoms with Crippen molar-refractivity contribution >= 4 is 25.7 Å². The minimum Gasteiger partial charge on any atom is -0.462 e. The van der Waals surface area contributed by atoms with Gasteiger partial charge in [0.15, 0.2) is 6.10 Å². The number of aliphatic hydroxyl groups excluding tert-OH is 1. The maximum atomic E-state index is 12.9. The summed E-state index contributed by atoms with van der Waals surface area (Å²) in [5, 5.41) is 9.79. The molecule has 0 aromatic carbocycles. The smallest absolute Gasteiger partial charge is 0.462 e. The Morgan fingerprint density at radius 2 is 0.750 bits per heavy atom. The van der Waals surface area contributed by atoms with E-state index in [-0.39, 0.29) is 19.3 Å². The van der Waals surface area contributed by atoms with Gasteiger partial charge in [-0.1, -0.05) is 187 Å². The standard InChI is InChI=1S/C60H97O11P/c1-4-7-10-13-16-19-22-25-26-27-28-29-30-33-36-39-42-45-48-51-60(64)71-57(53-67-58(62)49-46-43-40-37-34-31-23-20-17-14-11-8-5-2)55-69-72(65,66)68-54-56(52-61)70-59(63)50-47-44-41-38-35-32-24-21-18-15-12-9-6-3/h7-8,10-11,16-17,19-21,24-26,28-29,31,33-34,36,40,43,56-57,61H,4-6,9,12-15,18,22-23,27,30,32,35,37-39,41-42,44-55H2,1-3H3,(H,65,66)/b10-7-,11-8-,19-16-,20-17-,24-21-,26-25-,29-28-,34-31-,36-33-,43-40-. The van der Waals surface area contributed by atoms with E-state index < -0.39 is 64.4 Å². The van der Waals surface area contributed by atoms with Gasteiger partial charge in [0.25, 0.3) is 0 Å². The maximum Gasteiger partial charge on any atom is 0.472 e. The Hall–Kier alpha value is -4.12. The number of carbonyl (C=O) groups is 3. The summed E-state index contributed by atoms with van der Waals surface area (Å²) in [4.78, 5) is 48.4. The van der Waals surface area contributed by atoms with Crippen molar-refractivity contribution < 1.29 is 52.2 Å². The largest absolute Gasteiger partial charge is 0.472 e. The number of esters is 3. The van der Waals surface area contributed by atoms with Crippen LogP contribution in [0.15, 0.2) is 122 Å². The number of ether oxygens (including phenoxy) is 3. The summed E-state index contributed by atoms with van der Waals surface area (Å²) >= 11 is 0. The minimum absolute atomic E-state index is 0.0910. The number of hydrogen-bond donors (Lipinski definition) is 2. The summed E-state index contributed by atoms with van der Waals surface area (Å²) in [6.45, 7) is 4.24. The van der Waals surface area contributed by atoms with Crippen molar-refractivity contribution in [3.05, 3.63) is 122 Å². The minimum atomic E-state index is -4.78. The molecule has 0 aromatic rings. The van der Waals surface area contributed by atoms with Gasteiger partial charge in [0.1, 0.15) is 12.7 Å². The molecule has 72 heavy (non-hydrogen) atoms. The lowest BCUT2D eigenvalue weighted by Crippen LogP contribution is -2.30. The summed E-state index contributed by atoms with van der Waals surface area (Å²) in [5.74, 6) is -1.63. The summed E-state index contributed by atoms with van der Waals surface area (Å²) in [6, 6.07) is 0. The van der Waals surface area contributed by atoms with Crippen molar-refractivity contribution in [3.8, 4) is 0 Å². The zero-order valence-corrected chi connectivity index (χ0v) is 45.7. The third-order valence-corrected chi connectivity index (χ3v) is 11.8. The Kier molecular flexibility index (Phi) is 50.1. The predicted molar refractivity (Wildman–Crippen MR) is 297 cm³/mol. The average molecular weight is 1030 g/mol. The predicted octanol–water partition coefficient (Wildman–Crippen LogP) is 16.0. The van der Waals surface area contributed by atoms with Gasteiger partial charge in [0, 0.05) is 19.3 Å². The lowest BCUT2D eigenvalue weighted by Gasteiger charge is -2.21. The average Bonchev–Trinajstić information content (AvgIpc) is 3.37. The molecule has 3 unspecified atom stereocenters. The Morgan fingerprint density at radius 3 is 1.19 bits per heavy atom. The van der Waals surface area contributed by atoms with E-state index in [1.165, 1.54) is 25.7 Å². The molecule has 0 bridgehead atoms. The third-order valence-electron chi connectivity index (χ3n) is 10.9. The molecule has 0 aromatic heterocycles. The molecule has 408 valence electrons. The van der Waals surface area contributed by atoms with Crippen molar-refractivity contribution in [1.82, 2.24) is 0 Å². The van der Waals surface area contributed by atoms with Crippen molar-refractivity contribution in [3.63, 3.8) is 0 Å². The van der Waals surface area contributed by atoms with Gasteiger partial charge in [-0.25, -0.2) is 4.57 Å². The molecule has 0 saturated carbocycles. The highest BCUT2D eigenvalue weighted by Crippen LogP contribution is 2.43. The first-order chi connectivity index (χ1) is 35.2. The molecule has 0 fully saturated rings. The molecule has 3 atom stereocenters. The van der Waals surface area contributed by atoms with E-state index in [2.05, 4.69) is 130 Å². The van der Waals surface area contributed by atoms with Crippen LogP contribution in [0.25, 0.3) is 0 Å². The van der Waals surface area contributed by atoms with Crippen LogP contribution in [-0.4, -0.2) is 66.5 Å². The zero-order valence-electron chi connectivity index (χ0n) is 44.8. The van der Waals surface area contributed by atoms with Gasteiger partial charge in [-0.15, -0.1) is 0 Å². The summed E-state index contributed by atoms with van der Waals surface area (Å²) in [5.41, 5.74) is 0. The van der Waals surface area contributed by atoms with Gasteiger partial charge in [-0.2, -0.15) is 0 Å². The normalized spacial score (nSPS) is 14.3. The van der Waals surface area contributed by atoms with Crippen molar-refractivity contribution in [2.45, 2.75) is 213 Å². The number of hydrogen-bond acceptors (Lipinski definition) is 10. The first-order valence-corrected chi connectivity index (χ1v) is 28.9. The number of unbranched alkanes of at least 4 members (excludes halogenated alkanes) is 12. The van der Waals surface area contributed by atoms with E-state index in [0.29, 0.717) is 19.3 Å². The van der Waals surface area contributed by atoms with Crippen LogP contribution in [0.1, 0.15) is 201 Å². The van der Waals surface area contributed by atoms with Crippen LogP contribution in [0.2, 0.25) is 0 Å². The second kappa shape index (κ2) is 53.2. The van der Waals surface area contributed by atoms with E-state index in [1.807, 2.05) is 12.2 Å². The Balaban J connectivity index is 4.89.